The highest BCUT2D eigenvalue weighted by atomic mass is 16.2. The van der Waals surface area contributed by atoms with Gasteiger partial charge >= 0.3 is 0 Å². The molecule has 6 heteroatoms. The van der Waals surface area contributed by atoms with Crippen LogP contribution in [0.3, 0.4) is 0 Å². The highest BCUT2D eigenvalue weighted by Crippen LogP contribution is 2.30. The zero-order valence-electron chi connectivity index (χ0n) is 17.2. The molecule has 0 aromatic heterocycles. The van der Waals surface area contributed by atoms with Crippen LogP contribution >= 0.6 is 0 Å². The maximum Gasteiger partial charge on any atom is 0.258 e. The van der Waals surface area contributed by atoms with Crippen molar-refractivity contribution in [1.82, 2.24) is 0 Å². The van der Waals surface area contributed by atoms with E-state index in [2.05, 4.69) is 10.6 Å². The van der Waals surface area contributed by atoms with E-state index in [1.54, 1.807) is 36.4 Å². The fourth-order valence-corrected chi connectivity index (χ4v) is 3.66. The molecule has 3 aromatic rings. The molecule has 1 atom stereocenters. The van der Waals surface area contributed by atoms with Crippen molar-refractivity contribution in [3.8, 4) is 0 Å². The Balaban J connectivity index is 1.42. The number of benzene rings is 3. The van der Waals surface area contributed by atoms with E-state index in [0.29, 0.717) is 29.0 Å². The first-order chi connectivity index (χ1) is 15.0. The van der Waals surface area contributed by atoms with Crippen LogP contribution in [-0.2, 0) is 9.59 Å². The summed E-state index contributed by atoms with van der Waals surface area (Å²) in [5.74, 6) is -0.481. The number of hydrogen-bond acceptors (Lipinski definition) is 3. The Hall–Kier alpha value is -3.93. The number of carbonyl (C=O) groups is 3. The third-order valence-corrected chi connectivity index (χ3v) is 5.29. The van der Waals surface area contributed by atoms with Crippen LogP contribution in [-0.4, -0.2) is 24.3 Å². The van der Waals surface area contributed by atoms with Crippen molar-refractivity contribution in [3.63, 3.8) is 0 Å². The first kappa shape index (κ1) is 20.3. The molecule has 1 unspecified atom stereocenters. The average molecular weight is 413 g/mol. The first-order valence-corrected chi connectivity index (χ1v) is 10.2. The van der Waals surface area contributed by atoms with E-state index in [4.69, 9.17) is 0 Å². The van der Waals surface area contributed by atoms with E-state index >= 15 is 0 Å². The Bertz CT molecular complexity index is 1110. The van der Waals surface area contributed by atoms with Gasteiger partial charge in [0.25, 0.3) is 5.91 Å². The summed E-state index contributed by atoms with van der Waals surface area (Å²) in [6.07, 6.45) is 0.365. The van der Waals surface area contributed by atoms with E-state index in [-0.39, 0.29) is 30.2 Å². The van der Waals surface area contributed by atoms with Gasteiger partial charge in [-0.2, -0.15) is 0 Å². The highest BCUT2D eigenvalue weighted by molar-refractivity contribution is 6.15. The van der Waals surface area contributed by atoms with Crippen LogP contribution < -0.4 is 15.5 Å². The highest BCUT2D eigenvalue weighted by Gasteiger charge is 2.27. The van der Waals surface area contributed by atoms with E-state index < -0.39 is 0 Å². The molecule has 0 saturated carbocycles. The molecule has 31 heavy (non-hydrogen) atoms. The molecule has 0 fully saturated rings. The molecule has 6 nitrogen and oxygen atoms in total. The normalized spacial score (nSPS) is 13.7. The molecule has 4 rings (SSSR count). The van der Waals surface area contributed by atoms with Crippen LogP contribution in [0.5, 0.6) is 0 Å². The standard InChI is InChI=1S/C25H23N3O3/c1-17(18-7-3-2-4-8-18)15-23(29)26-20-13-11-19(12-14-20)25(31)28-16-24(30)27-21-9-5-6-10-22(21)28/h2-14,17H,15-16H2,1H3,(H,26,29)(H,27,30). The average Bonchev–Trinajstić information content (AvgIpc) is 2.79. The van der Waals surface area contributed by atoms with Gasteiger partial charge in [0.2, 0.25) is 11.8 Å². The monoisotopic (exact) mass is 413 g/mol. The van der Waals surface area contributed by atoms with E-state index in [1.807, 2.05) is 49.4 Å². The minimum Gasteiger partial charge on any atom is -0.326 e. The number of anilines is 3. The fraction of sp³-hybridized carbons (Fsp3) is 0.160. The van der Waals surface area contributed by atoms with E-state index in [0.717, 1.165) is 5.56 Å². The lowest BCUT2D eigenvalue weighted by Crippen LogP contribution is -2.42. The Morgan fingerprint density at radius 3 is 2.39 bits per heavy atom. The van der Waals surface area contributed by atoms with Crippen LogP contribution in [0, 0.1) is 0 Å². The molecule has 3 amide bonds. The zero-order valence-corrected chi connectivity index (χ0v) is 17.2. The van der Waals surface area contributed by atoms with Gasteiger partial charge in [0.15, 0.2) is 0 Å². The van der Waals surface area contributed by atoms with Crippen molar-refractivity contribution in [1.29, 1.82) is 0 Å². The van der Waals surface area contributed by atoms with Gasteiger partial charge in [-0.3, -0.25) is 19.3 Å². The van der Waals surface area contributed by atoms with Gasteiger partial charge < -0.3 is 10.6 Å². The molecule has 0 radical (unpaired) electrons. The zero-order chi connectivity index (χ0) is 21.8. The van der Waals surface area contributed by atoms with Crippen molar-refractivity contribution in [2.45, 2.75) is 19.3 Å². The van der Waals surface area contributed by atoms with Gasteiger partial charge in [-0.1, -0.05) is 49.4 Å². The smallest absolute Gasteiger partial charge is 0.258 e. The van der Waals surface area contributed by atoms with Crippen LogP contribution in [0.4, 0.5) is 17.1 Å². The third-order valence-electron chi connectivity index (χ3n) is 5.29. The number of hydrogen-bond donors (Lipinski definition) is 2. The Morgan fingerprint density at radius 2 is 1.65 bits per heavy atom. The maximum atomic E-state index is 13.0. The van der Waals surface area contributed by atoms with Crippen LogP contribution in [0.2, 0.25) is 0 Å². The van der Waals surface area contributed by atoms with Gasteiger partial charge in [0, 0.05) is 17.7 Å². The minimum absolute atomic E-state index is 0.0360. The number of para-hydroxylation sites is 2. The number of amides is 3. The maximum absolute atomic E-state index is 13.0. The van der Waals surface area contributed by atoms with Crippen molar-refractivity contribution in [2.75, 3.05) is 22.1 Å². The van der Waals surface area contributed by atoms with Crippen LogP contribution in [0.25, 0.3) is 0 Å². The summed E-state index contributed by atoms with van der Waals surface area (Å²) in [6.45, 7) is 1.98. The second kappa shape index (κ2) is 8.83. The van der Waals surface area contributed by atoms with Crippen LogP contribution in [0.15, 0.2) is 78.9 Å². The van der Waals surface area contributed by atoms with Gasteiger partial charge in [0.1, 0.15) is 6.54 Å². The molecule has 0 spiro atoms. The minimum atomic E-state index is -0.266. The SMILES string of the molecule is CC(CC(=O)Nc1ccc(C(=O)N2CC(=O)Nc3ccccc32)cc1)c1ccccc1. The molecule has 156 valence electrons. The van der Waals surface area contributed by atoms with Crippen molar-refractivity contribution < 1.29 is 14.4 Å². The summed E-state index contributed by atoms with van der Waals surface area (Å²) >= 11 is 0. The van der Waals surface area contributed by atoms with Gasteiger partial charge in [0.05, 0.1) is 11.4 Å². The van der Waals surface area contributed by atoms with Crippen molar-refractivity contribution in [2.24, 2.45) is 0 Å². The predicted molar refractivity (Wildman–Crippen MR) is 121 cm³/mol. The number of carbonyl (C=O) groups excluding carboxylic acids is 3. The topological polar surface area (TPSA) is 78.5 Å². The van der Waals surface area contributed by atoms with E-state index in [1.165, 1.54) is 4.90 Å². The Labute approximate surface area is 180 Å². The van der Waals surface area contributed by atoms with Gasteiger partial charge in [-0.05, 0) is 47.9 Å². The summed E-state index contributed by atoms with van der Waals surface area (Å²) in [6, 6.07) is 23.8. The van der Waals surface area contributed by atoms with Gasteiger partial charge in [-0.15, -0.1) is 0 Å². The van der Waals surface area contributed by atoms with E-state index in [9.17, 15) is 14.4 Å². The summed E-state index contributed by atoms with van der Waals surface area (Å²) in [7, 11) is 0. The number of rotatable bonds is 5. The molecule has 1 aliphatic rings. The molecule has 0 bridgehead atoms. The largest absolute Gasteiger partial charge is 0.326 e. The molecular formula is C25H23N3O3. The molecule has 1 aliphatic heterocycles. The molecule has 3 aromatic carbocycles. The predicted octanol–water partition coefficient (Wildman–Crippen LogP) is 4.42. The lowest BCUT2D eigenvalue weighted by atomic mass is 9.97. The summed E-state index contributed by atoms with van der Waals surface area (Å²) in [4.78, 5) is 38.9. The molecule has 0 saturated heterocycles. The molecular weight excluding hydrogens is 390 g/mol. The second-order valence-electron chi connectivity index (χ2n) is 7.60. The van der Waals surface area contributed by atoms with Crippen LogP contribution in [0.1, 0.15) is 35.2 Å². The number of nitrogens with zero attached hydrogens (tertiary/aromatic N) is 1. The second-order valence-corrected chi connectivity index (χ2v) is 7.60. The number of nitrogens with one attached hydrogen (secondary N) is 2. The van der Waals surface area contributed by atoms with Crippen molar-refractivity contribution >= 4 is 34.8 Å². The lowest BCUT2D eigenvalue weighted by molar-refractivity contribution is -0.116. The summed E-state index contributed by atoms with van der Waals surface area (Å²) in [5, 5.41) is 5.66. The van der Waals surface area contributed by atoms with Crippen molar-refractivity contribution in [3.05, 3.63) is 90.0 Å². The molecule has 1 heterocycles. The van der Waals surface area contributed by atoms with Gasteiger partial charge in [-0.25, -0.2) is 0 Å². The molecule has 0 aliphatic carbocycles. The summed E-state index contributed by atoms with van der Waals surface area (Å²) in [5.41, 5.74) is 3.46. The fourth-order valence-electron chi connectivity index (χ4n) is 3.66. The molecule has 2 N–H and O–H groups in total. The Kier molecular flexibility index (Phi) is 5.80. The Morgan fingerprint density at radius 1 is 0.968 bits per heavy atom. The number of fused-ring (bicyclic) bond motifs is 1. The quantitative estimate of drug-likeness (QED) is 0.650. The first-order valence-electron chi connectivity index (χ1n) is 10.2. The third kappa shape index (κ3) is 4.64. The lowest BCUT2D eigenvalue weighted by Gasteiger charge is -2.29. The summed E-state index contributed by atoms with van der Waals surface area (Å²) < 4.78 is 0.